The third-order valence-corrected chi connectivity index (χ3v) is 6.06. The van der Waals surface area contributed by atoms with Crippen LogP contribution in [0.3, 0.4) is 0 Å². The fourth-order valence-electron chi connectivity index (χ4n) is 2.80. The van der Waals surface area contributed by atoms with E-state index in [1.54, 1.807) is 20.9 Å². The van der Waals surface area contributed by atoms with E-state index in [4.69, 9.17) is 9.47 Å². The Morgan fingerprint density at radius 2 is 2.21 bits per heavy atom. The Hall–Kier alpha value is -2.59. The van der Waals surface area contributed by atoms with Gasteiger partial charge in [-0.3, -0.25) is 4.79 Å². The van der Waals surface area contributed by atoms with Crippen molar-refractivity contribution in [3.05, 3.63) is 46.2 Å². The predicted octanol–water partition coefficient (Wildman–Crippen LogP) is 2.65. The van der Waals surface area contributed by atoms with Gasteiger partial charge in [-0.1, -0.05) is 23.9 Å². The molecule has 0 saturated carbocycles. The molecule has 0 radical (unpaired) electrons. The van der Waals surface area contributed by atoms with Crippen molar-refractivity contribution in [3.8, 4) is 11.5 Å². The Morgan fingerprint density at radius 3 is 3.04 bits per heavy atom. The van der Waals surface area contributed by atoms with E-state index in [2.05, 4.69) is 15.5 Å². The molecule has 0 unspecified atom stereocenters. The fraction of sp³-hybridized carbons (Fsp3) is 0.333. The highest BCUT2D eigenvalue weighted by atomic mass is 32.2. The highest BCUT2D eigenvalue weighted by Crippen LogP contribution is 2.32. The Labute approximate surface area is 170 Å². The number of ether oxygens (including phenoxy) is 2. The van der Waals surface area contributed by atoms with E-state index in [1.165, 1.54) is 16.6 Å². The van der Waals surface area contributed by atoms with Gasteiger partial charge in [0, 0.05) is 18.0 Å². The lowest BCUT2D eigenvalue weighted by molar-refractivity contribution is -0.128. The lowest BCUT2D eigenvalue weighted by Crippen LogP contribution is -2.31. The molecule has 146 valence electrons. The average molecular weight is 418 g/mol. The van der Waals surface area contributed by atoms with E-state index in [-0.39, 0.29) is 18.5 Å². The van der Waals surface area contributed by atoms with E-state index < -0.39 is 0 Å². The molecule has 4 rings (SSSR count). The first-order chi connectivity index (χ1) is 13.7. The van der Waals surface area contributed by atoms with Gasteiger partial charge in [0.25, 0.3) is 0 Å². The van der Waals surface area contributed by atoms with Gasteiger partial charge >= 0.3 is 0 Å². The third kappa shape index (κ3) is 4.28. The van der Waals surface area contributed by atoms with Gasteiger partial charge in [-0.05, 0) is 46.5 Å². The summed E-state index contributed by atoms with van der Waals surface area (Å²) in [6.45, 7) is 3.96. The van der Waals surface area contributed by atoms with E-state index in [0.717, 1.165) is 17.1 Å². The Balaban J connectivity index is 1.35. The Kier molecular flexibility index (Phi) is 5.77. The quantitative estimate of drug-likeness (QED) is 0.521. The largest absolute Gasteiger partial charge is 0.454 e. The molecular formula is C18H19N5O3S2. The Morgan fingerprint density at radius 1 is 1.32 bits per heavy atom. The monoisotopic (exact) mass is 417 g/mol. The van der Waals surface area contributed by atoms with Crippen molar-refractivity contribution < 1.29 is 14.3 Å². The van der Waals surface area contributed by atoms with Crippen LogP contribution in [0.1, 0.15) is 17.4 Å². The van der Waals surface area contributed by atoms with Crippen molar-refractivity contribution in [2.45, 2.75) is 25.2 Å². The molecule has 3 heterocycles. The zero-order valence-corrected chi connectivity index (χ0v) is 16.9. The maximum Gasteiger partial charge on any atom is 0.233 e. The molecule has 0 aliphatic carbocycles. The van der Waals surface area contributed by atoms with Crippen molar-refractivity contribution >= 4 is 29.0 Å². The molecule has 0 N–H and O–H groups in total. The molecule has 10 heteroatoms. The zero-order valence-electron chi connectivity index (χ0n) is 15.3. The van der Waals surface area contributed by atoms with Crippen LogP contribution in [0, 0.1) is 0 Å². The second-order valence-corrected chi connectivity index (χ2v) is 8.06. The minimum absolute atomic E-state index is 0.0378. The molecule has 1 aliphatic rings. The van der Waals surface area contributed by atoms with Crippen LogP contribution in [0.2, 0.25) is 0 Å². The van der Waals surface area contributed by atoms with E-state index >= 15 is 0 Å². The molecule has 0 saturated heterocycles. The normalized spacial score (nSPS) is 12.3. The summed E-state index contributed by atoms with van der Waals surface area (Å²) < 4.78 is 12.5. The Bertz CT molecular complexity index is 945. The summed E-state index contributed by atoms with van der Waals surface area (Å²) in [5.41, 5.74) is 1.01. The SMILES string of the molecule is CCN(Cc1ccc2c(c1)OCO2)C(=O)CSc1nnnn1Cc1cccs1. The van der Waals surface area contributed by atoms with Crippen molar-refractivity contribution in [1.82, 2.24) is 25.1 Å². The molecule has 3 aromatic rings. The number of carbonyl (C=O) groups is 1. The van der Waals surface area contributed by atoms with Crippen LogP contribution in [0.25, 0.3) is 0 Å². The van der Waals surface area contributed by atoms with Gasteiger partial charge in [-0.15, -0.1) is 16.4 Å². The highest BCUT2D eigenvalue weighted by molar-refractivity contribution is 7.99. The number of thioether (sulfide) groups is 1. The van der Waals surface area contributed by atoms with Gasteiger partial charge in [-0.25, -0.2) is 4.68 Å². The number of aromatic nitrogens is 4. The van der Waals surface area contributed by atoms with Crippen LogP contribution in [-0.4, -0.2) is 50.1 Å². The standard InChI is InChI=1S/C18H19N5O3S2/c1-2-22(9-13-5-6-15-16(8-13)26-12-25-15)17(24)11-28-18-19-20-21-23(18)10-14-4-3-7-27-14/h3-8H,2,9-12H2,1H3. The van der Waals surface area contributed by atoms with Gasteiger partial charge in [0.05, 0.1) is 12.3 Å². The first-order valence-electron chi connectivity index (χ1n) is 8.80. The number of fused-ring (bicyclic) bond motifs is 1. The van der Waals surface area contributed by atoms with Gasteiger partial charge in [0.2, 0.25) is 17.9 Å². The lowest BCUT2D eigenvalue weighted by Gasteiger charge is -2.21. The number of hydrogen-bond donors (Lipinski definition) is 0. The summed E-state index contributed by atoms with van der Waals surface area (Å²) in [5.74, 6) is 1.79. The number of nitrogens with zero attached hydrogens (tertiary/aromatic N) is 5. The maximum absolute atomic E-state index is 12.7. The van der Waals surface area contributed by atoms with Crippen LogP contribution in [0.4, 0.5) is 0 Å². The highest BCUT2D eigenvalue weighted by Gasteiger charge is 2.18. The number of benzene rings is 1. The van der Waals surface area contributed by atoms with Crippen LogP contribution < -0.4 is 9.47 Å². The summed E-state index contributed by atoms with van der Waals surface area (Å²) in [6.07, 6.45) is 0. The summed E-state index contributed by atoms with van der Waals surface area (Å²) in [6, 6.07) is 9.79. The molecule has 0 atom stereocenters. The molecule has 8 nitrogen and oxygen atoms in total. The number of carbonyl (C=O) groups excluding carboxylic acids is 1. The summed E-state index contributed by atoms with van der Waals surface area (Å²) >= 11 is 3.01. The summed E-state index contributed by atoms with van der Waals surface area (Å²) in [5, 5.41) is 14.5. The van der Waals surface area contributed by atoms with Gasteiger partial charge in [0.15, 0.2) is 11.5 Å². The number of thiophene rings is 1. The molecule has 0 spiro atoms. The molecular weight excluding hydrogens is 398 g/mol. The van der Waals surface area contributed by atoms with E-state index in [9.17, 15) is 4.79 Å². The van der Waals surface area contributed by atoms with Crippen molar-refractivity contribution in [1.29, 1.82) is 0 Å². The van der Waals surface area contributed by atoms with Crippen molar-refractivity contribution in [2.24, 2.45) is 0 Å². The minimum atomic E-state index is 0.0378. The van der Waals surface area contributed by atoms with E-state index in [0.29, 0.717) is 24.8 Å². The predicted molar refractivity (Wildman–Crippen MR) is 106 cm³/mol. The first-order valence-corrected chi connectivity index (χ1v) is 10.7. The summed E-state index contributed by atoms with van der Waals surface area (Å²) in [7, 11) is 0. The minimum Gasteiger partial charge on any atom is -0.454 e. The van der Waals surface area contributed by atoms with Crippen molar-refractivity contribution in [3.63, 3.8) is 0 Å². The fourth-order valence-corrected chi connectivity index (χ4v) is 4.27. The molecule has 1 aliphatic heterocycles. The number of hydrogen-bond acceptors (Lipinski definition) is 8. The number of tetrazole rings is 1. The first kappa shape index (κ1) is 18.8. The van der Waals surface area contributed by atoms with Gasteiger partial charge in [0.1, 0.15) is 0 Å². The van der Waals surface area contributed by atoms with Gasteiger partial charge < -0.3 is 14.4 Å². The second-order valence-electron chi connectivity index (χ2n) is 6.08. The molecule has 0 fully saturated rings. The maximum atomic E-state index is 12.7. The van der Waals surface area contributed by atoms with Crippen LogP contribution in [0.5, 0.6) is 11.5 Å². The lowest BCUT2D eigenvalue weighted by atomic mass is 10.2. The molecule has 0 bridgehead atoms. The van der Waals surface area contributed by atoms with Crippen molar-refractivity contribution in [2.75, 3.05) is 19.1 Å². The third-order valence-electron chi connectivity index (χ3n) is 4.25. The average Bonchev–Trinajstić information content (AvgIpc) is 3.46. The molecule has 1 aromatic carbocycles. The van der Waals surface area contributed by atoms with Crippen LogP contribution in [0.15, 0.2) is 40.9 Å². The zero-order chi connectivity index (χ0) is 19.3. The second kappa shape index (κ2) is 8.61. The van der Waals surface area contributed by atoms with Crippen LogP contribution >= 0.6 is 23.1 Å². The number of amides is 1. The van der Waals surface area contributed by atoms with Gasteiger partial charge in [-0.2, -0.15) is 0 Å². The molecule has 28 heavy (non-hydrogen) atoms. The summed E-state index contributed by atoms with van der Waals surface area (Å²) in [4.78, 5) is 15.7. The topological polar surface area (TPSA) is 82.4 Å². The smallest absolute Gasteiger partial charge is 0.233 e. The molecule has 1 amide bonds. The van der Waals surface area contributed by atoms with E-state index in [1.807, 2.05) is 42.6 Å². The number of rotatable bonds is 8. The van der Waals surface area contributed by atoms with Crippen LogP contribution in [-0.2, 0) is 17.9 Å². The molecule has 2 aromatic heterocycles.